The van der Waals surface area contributed by atoms with Crippen molar-refractivity contribution < 1.29 is 9.63 Å². The highest BCUT2D eigenvalue weighted by Gasteiger charge is 2.07. The van der Waals surface area contributed by atoms with Gasteiger partial charge < -0.3 is 9.63 Å². The molecule has 1 heterocycles. The van der Waals surface area contributed by atoms with Crippen molar-refractivity contribution in [1.82, 2.24) is 5.16 Å². The lowest BCUT2D eigenvalue weighted by Crippen LogP contribution is -1.86. The molecule has 0 spiro atoms. The van der Waals surface area contributed by atoms with Crippen LogP contribution in [0.15, 0.2) is 33.3 Å². The van der Waals surface area contributed by atoms with Gasteiger partial charge in [-0.05, 0) is 28.1 Å². The van der Waals surface area contributed by atoms with Gasteiger partial charge in [0.05, 0.1) is 11.6 Å². The predicted molar refractivity (Wildman–Crippen MR) is 65.4 cm³/mol. The summed E-state index contributed by atoms with van der Waals surface area (Å²) in [5, 5.41) is 13.3. The third-order valence-corrected chi connectivity index (χ3v) is 3.35. The van der Waals surface area contributed by atoms with Gasteiger partial charge in [0, 0.05) is 22.5 Å². The summed E-state index contributed by atoms with van der Waals surface area (Å²) in [6.07, 6.45) is 0.474. The second-order valence-electron chi connectivity index (χ2n) is 3.28. The van der Waals surface area contributed by atoms with E-state index in [2.05, 4.69) is 21.1 Å². The van der Waals surface area contributed by atoms with E-state index in [1.165, 1.54) is 0 Å². The Labute approximate surface area is 106 Å². The Kier molecular flexibility index (Phi) is 3.63. The highest BCUT2D eigenvalue weighted by atomic mass is 79.9. The summed E-state index contributed by atoms with van der Waals surface area (Å²) in [5.41, 5.74) is 1.66. The molecule has 0 aliphatic carbocycles. The summed E-state index contributed by atoms with van der Waals surface area (Å²) < 4.78 is 5.89. The lowest BCUT2D eigenvalue weighted by molar-refractivity contribution is 0.277. The van der Waals surface area contributed by atoms with Crippen LogP contribution in [0.25, 0.3) is 11.3 Å². The maximum atomic E-state index is 8.77. The molecule has 3 nitrogen and oxygen atoms in total. The molecule has 0 aliphatic heterocycles. The Balaban J connectivity index is 2.31. The first kappa shape index (κ1) is 11.6. The summed E-state index contributed by atoms with van der Waals surface area (Å²) in [7, 11) is 0. The minimum absolute atomic E-state index is 0.0545. The molecular formula is C11H9BrClNO2. The highest BCUT2D eigenvalue weighted by molar-refractivity contribution is 9.10. The summed E-state index contributed by atoms with van der Waals surface area (Å²) in [6.45, 7) is 0.0545. The van der Waals surface area contributed by atoms with Gasteiger partial charge in [0.25, 0.3) is 0 Å². The van der Waals surface area contributed by atoms with Gasteiger partial charge in [-0.15, -0.1) is 0 Å². The van der Waals surface area contributed by atoms with Crippen molar-refractivity contribution >= 4 is 27.5 Å². The maximum Gasteiger partial charge on any atom is 0.139 e. The Bertz CT molecular complexity index is 498. The Morgan fingerprint density at radius 3 is 2.88 bits per heavy atom. The van der Waals surface area contributed by atoms with Gasteiger partial charge in [-0.2, -0.15) is 0 Å². The molecule has 0 fully saturated rings. The van der Waals surface area contributed by atoms with Crippen molar-refractivity contribution in [2.24, 2.45) is 0 Å². The number of nitrogens with zero attached hydrogens (tertiary/aromatic N) is 1. The molecule has 1 aromatic carbocycles. The number of hydrogen-bond acceptors (Lipinski definition) is 3. The van der Waals surface area contributed by atoms with Gasteiger partial charge in [-0.1, -0.05) is 22.8 Å². The first-order valence-electron chi connectivity index (χ1n) is 4.72. The molecule has 0 saturated carbocycles. The number of aromatic nitrogens is 1. The van der Waals surface area contributed by atoms with Crippen molar-refractivity contribution in [2.75, 3.05) is 6.61 Å². The van der Waals surface area contributed by atoms with E-state index in [0.29, 0.717) is 17.2 Å². The maximum absolute atomic E-state index is 8.77. The summed E-state index contributed by atoms with van der Waals surface area (Å²) in [5.74, 6) is 0.670. The van der Waals surface area contributed by atoms with Crippen molar-refractivity contribution in [3.63, 3.8) is 0 Å². The molecule has 16 heavy (non-hydrogen) atoms. The fraction of sp³-hybridized carbons (Fsp3) is 0.182. The van der Waals surface area contributed by atoms with Crippen LogP contribution in [0.2, 0.25) is 5.02 Å². The molecular weight excluding hydrogens is 293 g/mol. The van der Waals surface area contributed by atoms with E-state index in [1.807, 2.05) is 18.2 Å². The first-order chi connectivity index (χ1) is 7.70. The fourth-order valence-corrected chi connectivity index (χ4v) is 1.83. The van der Waals surface area contributed by atoms with E-state index in [1.54, 1.807) is 6.07 Å². The van der Waals surface area contributed by atoms with Crippen LogP contribution in [0.1, 0.15) is 5.76 Å². The van der Waals surface area contributed by atoms with E-state index >= 15 is 0 Å². The third-order valence-electron chi connectivity index (χ3n) is 2.13. The van der Waals surface area contributed by atoms with E-state index in [-0.39, 0.29) is 6.61 Å². The summed E-state index contributed by atoms with van der Waals surface area (Å²) >= 11 is 9.25. The molecule has 2 aromatic rings. The van der Waals surface area contributed by atoms with Crippen molar-refractivity contribution in [1.29, 1.82) is 0 Å². The standard InChI is InChI=1S/C11H9BrClNO2/c12-9-5-7(1-2-10(9)13)11-6-8(3-4-15)16-14-11/h1-2,5-6,15H,3-4H2. The Morgan fingerprint density at radius 2 is 2.19 bits per heavy atom. The fourth-order valence-electron chi connectivity index (χ4n) is 1.33. The van der Waals surface area contributed by atoms with E-state index in [9.17, 15) is 0 Å². The van der Waals surface area contributed by atoms with Crippen LogP contribution >= 0.6 is 27.5 Å². The lowest BCUT2D eigenvalue weighted by atomic mass is 10.1. The van der Waals surface area contributed by atoms with Crippen LogP contribution in [0, 0.1) is 0 Å². The smallest absolute Gasteiger partial charge is 0.139 e. The van der Waals surface area contributed by atoms with Gasteiger partial charge in [0.15, 0.2) is 0 Å². The Hall–Kier alpha value is -0.840. The predicted octanol–water partition coefficient (Wildman–Crippen LogP) is 3.29. The van der Waals surface area contributed by atoms with Crippen LogP contribution in [0.3, 0.4) is 0 Å². The second kappa shape index (κ2) is 4.99. The van der Waals surface area contributed by atoms with Crippen LogP contribution in [0.5, 0.6) is 0 Å². The molecule has 1 aromatic heterocycles. The number of benzene rings is 1. The molecule has 0 bridgehead atoms. The van der Waals surface area contributed by atoms with Crippen LogP contribution < -0.4 is 0 Å². The molecule has 0 unspecified atom stereocenters. The lowest BCUT2D eigenvalue weighted by Gasteiger charge is -1.98. The van der Waals surface area contributed by atoms with Crippen LogP contribution in [-0.2, 0) is 6.42 Å². The molecule has 1 N–H and O–H groups in total. The molecule has 0 aliphatic rings. The number of rotatable bonds is 3. The zero-order chi connectivity index (χ0) is 11.5. The molecule has 0 radical (unpaired) electrons. The largest absolute Gasteiger partial charge is 0.396 e. The van der Waals surface area contributed by atoms with Gasteiger partial charge in [0.1, 0.15) is 11.5 Å². The third kappa shape index (κ3) is 2.45. The van der Waals surface area contributed by atoms with Gasteiger partial charge in [-0.3, -0.25) is 0 Å². The Morgan fingerprint density at radius 1 is 1.38 bits per heavy atom. The average molecular weight is 303 g/mol. The first-order valence-corrected chi connectivity index (χ1v) is 5.89. The quantitative estimate of drug-likeness (QED) is 0.946. The van der Waals surface area contributed by atoms with Crippen molar-refractivity contribution in [3.8, 4) is 11.3 Å². The van der Waals surface area contributed by atoms with Crippen LogP contribution in [-0.4, -0.2) is 16.9 Å². The summed E-state index contributed by atoms with van der Waals surface area (Å²) in [4.78, 5) is 0. The average Bonchev–Trinajstić information content (AvgIpc) is 2.71. The second-order valence-corrected chi connectivity index (χ2v) is 4.54. The van der Waals surface area contributed by atoms with Gasteiger partial charge in [0.2, 0.25) is 0 Å². The highest BCUT2D eigenvalue weighted by Crippen LogP contribution is 2.28. The topological polar surface area (TPSA) is 46.3 Å². The summed E-state index contributed by atoms with van der Waals surface area (Å²) in [6, 6.07) is 7.35. The van der Waals surface area contributed by atoms with Gasteiger partial charge in [-0.25, -0.2) is 0 Å². The molecule has 5 heteroatoms. The normalized spacial score (nSPS) is 10.7. The zero-order valence-corrected chi connectivity index (χ0v) is 10.6. The molecule has 84 valence electrons. The molecule has 0 amide bonds. The number of halogens is 2. The molecule has 0 saturated heterocycles. The minimum atomic E-state index is 0.0545. The van der Waals surface area contributed by atoms with Crippen molar-refractivity contribution in [3.05, 3.63) is 39.5 Å². The zero-order valence-electron chi connectivity index (χ0n) is 8.28. The van der Waals surface area contributed by atoms with E-state index < -0.39 is 0 Å². The number of hydrogen-bond donors (Lipinski definition) is 1. The van der Waals surface area contributed by atoms with Gasteiger partial charge >= 0.3 is 0 Å². The minimum Gasteiger partial charge on any atom is -0.396 e. The van der Waals surface area contributed by atoms with E-state index in [4.69, 9.17) is 21.2 Å². The SMILES string of the molecule is OCCc1cc(-c2ccc(Cl)c(Br)c2)no1. The molecule has 0 atom stereocenters. The number of aliphatic hydroxyl groups excluding tert-OH is 1. The van der Waals surface area contributed by atoms with Crippen molar-refractivity contribution in [2.45, 2.75) is 6.42 Å². The number of aliphatic hydroxyl groups is 1. The van der Waals surface area contributed by atoms with Crippen LogP contribution in [0.4, 0.5) is 0 Å². The molecule has 2 rings (SSSR count). The monoisotopic (exact) mass is 301 g/mol. The van der Waals surface area contributed by atoms with E-state index in [0.717, 1.165) is 15.7 Å².